The molecule has 1 fully saturated rings. The number of nitrogen functional groups attached to an aromatic ring is 1. The van der Waals surface area contributed by atoms with E-state index in [9.17, 15) is 13.8 Å². The number of halogens is 2. The fourth-order valence-corrected chi connectivity index (χ4v) is 4.18. The molecule has 196 valence electrons. The van der Waals surface area contributed by atoms with Crippen LogP contribution in [-0.4, -0.2) is 82.5 Å². The van der Waals surface area contributed by atoms with E-state index in [2.05, 4.69) is 36.6 Å². The molecule has 37 heavy (non-hydrogen) atoms. The van der Waals surface area contributed by atoms with Crippen LogP contribution in [-0.2, 0) is 0 Å². The second-order valence-corrected chi connectivity index (χ2v) is 8.94. The zero-order valence-corrected chi connectivity index (χ0v) is 21.0. The molecule has 0 saturated carbocycles. The molecule has 0 spiro atoms. The first-order valence-electron chi connectivity index (χ1n) is 12.2. The second-order valence-electron chi connectivity index (χ2n) is 8.94. The number of hydrogen-bond acceptors (Lipinski definition) is 9. The third-order valence-electron chi connectivity index (χ3n) is 6.11. The first kappa shape index (κ1) is 26.5. The molecule has 1 aromatic carbocycles. The SMILES string of the molecule is CB(O)NCCNc1cc(-n2ncc(/C=C/CN3CCN(c4cc(F)cc(F)c4)CC3)c2C)nc(N)n1. The molecule has 1 aliphatic heterocycles. The number of hydrogen-bond donors (Lipinski definition) is 4. The molecule has 0 atom stereocenters. The van der Waals surface area contributed by atoms with Gasteiger partial charge in [-0.3, -0.25) is 4.90 Å². The molecule has 3 aromatic rings. The summed E-state index contributed by atoms with van der Waals surface area (Å²) in [5.74, 6) is 0.148. The van der Waals surface area contributed by atoms with Crippen molar-refractivity contribution in [1.29, 1.82) is 0 Å². The van der Waals surface area contributed by atoms with Crippen molar-refractivity contribution < 1.29 is 13.8 Å². The summed E-state index contributed by atoms with van der Waals surface area (Å²) >= 11 is 0. The zero-order chi connectivity index (χ0) is 26.4. The van der Waals surface area contributed by atoms with Crippen molar-refractivity contribution in [1.82, 2.24) is 29.9 Å². The highest BCUT2D eigenvalue weighted by molar-refractivity contribution is 6.45. The summed E-state index contributed by atoms with van der Waals surface area (Å²) in [5.41, 5.74) is 8.36. The second kappa shape index (κ2) is 12.1. The molecule has 0 amide bonds. The van der Waals surface area contributed by atoms with Gasteiger partial charge >= 0.3 is 7.05 Å². The van der Waals surface area contributed by atoms with Crippen LogP contribution in [0.1, 0.15) is 11.3 Å². The monoisotopic (exact) mass is 511 g/mol. The maximum Gasteiger partial charge on any atom is 0.373 e. The minimum absolute atomic E-state index is 0.135. The summed E-state index contributed by atoms with van der Waals surface area (Å²) < 4.78 is 28.8. The van der Waals surface area contributed by atoms with Gasteiger partial charge < -0.3 is 26.2 Å². The Morgan fingerprint density at radius 1 is 1.08 bits per heavy atom. The van der Waals surface area contributed by atoms with E-state index in [1.165, 1.54) is 12.1 Å². The van der Waals surface area contributed by atoms with Crippen molar-refractivity contribution in [2.45, 2.75) is 13.7 Å². The van der Waals surface area contributed by atoms with Gasteiger partial charge in [0, 0.05) is 69.2 Å². The zero-order valence-electron chi connectivity index (χ0n) is 21.0. The third-order valence-corrected chi connectivity index (χ3v) is 6.11. The highest BCUT2D eigenvalue weighted by Crippen LogP contribution is 2.20. The summed E-state index contributed by atoms with van der Waals surface area (Å²) in [6.45, 7) is 8.49. The maximum absolute atomic E-state index is 13.5. The number of piperazine rings is 1. The largest absolute Gasteiger partial charge is 0.437 e. The van der Waals surface area contributed by atoms with Crippen LogP contribution in [0.5, 0.6) is 0 Å². The van der Waals surface area contributed by atoms with Gasteiger partial charge in [0.15, 0.2) is 5.82 Å². The van der Waals surface area contributed by atoms with Gasteiger partial charge in [-0.05, 0) is 25.9 Å². The maximum atomic E-state index is 13.5. The molecule has 13 heteroatoms. The van der Waals surface area contributed by atoms with Crippen LogP contribution in [0, 0.1) is 18.6 Å². The summed E-state index contributed by atoms with van der Waals surface area (Å²) in [5, 5.41) is 19.8. The van der Waals surface area contributed by atoms with Crippen LogP contribution >= 0.6 is 0 Å². The number of anilines is 3. The highest BCUT2D eigenvalue weighted by Gasteiger charge is 2.17. The predicted molar refractivity (Wildman–Crippen MR) is 143 cm³/mol. The Bertz CT molecular complexity index is 1210. The van der Waals surface area contributed by atoms with Gasteiger partial charge in [0.25, 0.3) is 0 Å². The molecule has 3 heterocycles. The number of aromatic nitrogens is 4. The lowest BCUT2D eigenvalue weighted by Gasteiger charge is -2.35. The number of nitrogens with zero attached hydrogens (tertiary/aromatic N) is 6. The van der Waals surface area contributed by atoms with Crippen molar-refractivity contribution in [3.63, 3.8) is 0 Å². The minimum atomic E-state index is -0.582. The Hall–Kier alpha value is -3.55. The smallest absolute Gasteiger partial charge is 0.373 e. The number of nitrogens with one attached hydrogen (secondary N) is 2. The van der Waals surface area contributed by atoms with Crippen LogP contribution in [0.4, 0.5) is 26.2 Å². The average molecular weight is 511 g/mol. The highest BCUT2D eigenvalue weighted by atomic mass is 19.1. The lowest BCUT2D eigenvalue weighted by molar-refractivity contribution is 0.284. The fourth-order valence-electron chi connectivity index (χ4n) is 4.18. The number of benzene rings is 1. The van der Waals surface area contributed by atoms with Crippen molar-refractivity contribution in [2.75, 3.05) is 61.8 Å². The molecular formula is C24H32BF2N9O. The minimum Gasteiger partial charge on any atom is -0.437 e. The van der Waals surface area contributed by atoms with E-state index in [-0.39, 0.29) is 5.95 Å². The van der Waals surface area contributed by atoms with Crippen molar-refractivity contribution in [2.24, 2.45) is 0 Å². The van der Waals surface area contributed by atoms with Crippen LogP contribution < -0.4 is 21.2 Å². The molecule has 2 aromatic heterocycles. The summed E-state index contributed by atoms with van der Waals surface area (Å²) in [6.07, 6.45) is 5.89. The van der Waals surface area contributed by atoms with E-state index in [0.717, 1.165) is 37.0 Å². The molecule has 0 radical (unpaired) electrons. The Labute approximate surface area is 215 Å². The number of rotatable bonds is 10. The number of nitrogens with two attached hydrogens (primary N) is 1. The van der Waals surface area contributed by atoms with Gasteiger partial charge in [-0.1, -0.05) is 12.2 Å². The quantitative estimate of drug-likeness (QED) is 0.239. The van der Waals surface area contributed by atoms with E-state index in [1.807, 2.05) is 17.9 Å². The summed E-state index contributed by atoms with van der Waals surface area (Å²) in [4.78, 5) is 12.8. The normalized spacial score (nSPS) is 14.5. The Morgan fingerprint density at radius 2 is 1.81 bits per heavy atom. The lowest BCUT2D eigenvalue weighted by atomic mass is 9.89. The van der Waals surface area contributed by atoms with Crippen molar-refractivity contribution in [3.8, 4) is 5.82 Å². The third kappa shape index (κ3) is 7.25. The molecule has 1 saturated heterocycles. The van der Waals surface area contributed by atoms with E-state index in [1.54, 1.807) is 23.8 Å². The Kier molecular flexibility index (Phi) is 8.69. The van der Waals surface area contributed by atoms with Gasteiger partial charge in [-0.25, -0.2) is 13.5 Å². The van der Waals surface area contributed by atoms with E-state index < -0.39 is 18.7 Å². The first-order chi connectivity index (χ1) is 17.8. The Balaban J connectivity index is 1.33. The van der Waals surface area contributed by atoms with Gasteiger partial charge in [-0.15, -0.1) is 0 Å². The van der Waals surface area contributed by atoms with Gasteiger partial charge in [0.1, 0.15) is 17.5 Å². The molecular weight excluding hydrogens is 479 g/mol. The standard InChI is InChI=1S/C24H32BF2N9O/c1-17-18(4-3-7-34-8-10-35(11-9-34)21-13-19(26)12-20(27)14-21)16-31-36(17)23-15-22(32-24(28)33-23)29-5-6-30-25(2)37/h3-4,12-16,30,37H,5-11H2,1-2H3,(H3,28,29,32,33)/b4-3+. The molecule has 1 aliphatic rings. The van der Waals surface area contributed by atoms with Crippen LogP contribution in [0.15, 0.2) is 36.5 Å². The lowest BCUT2D eigenvalue weighted by Crippen LogP contribution is -2.46. The van der Waals surface area contributed by atoms with E-state index in [4.69, 9.17) is 5.73 Å². The van der Waals surface area contributed by atoms with Gasteiger partial charge in [0.05, 0.1) is 11.9 Å². The van der Waals surface area contributed by atoms with E-state index in [0.29, 0.717) is 43.5 Å². The molecule has 5 N–H and O–H groups in total. The average Bonchev–Trinajstić information content (AvgIpc) is 3.21. The van der Waals surface area contributed by atoms with Gasteiger partial charge in [0.2, 0.25) is 5.95 Å². The van der Waals surface area contributed by atoms with Crippen molar-refractivity contribution in [3.05, 3.63) is 59.4 Å². The summed E-state index contributed by atoms with van der Waals surface area (Å²) in [6, 6.07) is 5.41. The molecule has 0 aliphatic carbocycles. The van der Waals surface area contributed by atoms with E-state index >= 15 is 0 Å². The van der Waals surface area contributed by atoms with Crippen LogP contribution in [0.25, 0.3) is 11.9 Å². The first-order valence-corrected chi connectivity index (χ1v) is 12.2. The van der Waals surface area contributed by atoms with Crippen molar-refractivity contribution >= 4 is 30.6 Å². The molecule has 10 nitrogen and oxygen atoms in total. The topological polar surface area (TPSA) is 120 Å². The van der Waals surface area contributed by atoms with Crippen LogP contribution in [0.3, 0.4) is 0 Å². The Morgan fingerprint density at radius 3 is 2.51 bits per heavy atom. The summed E-state index contributed by atoms with van der Waals surface area (Å²) in [7, 11) is -0.582. The van der Waals surface area contributed by atoms with Crippen LogP contribution in [0.2, 0.25) is 6.82 Å². The van der Waals surface area contributed by atoms with Gasteiger partial charge in [-0.2, -0.15) is 15.1 Å². The molecule has 0 unspecified atom stereocenters. The molecule has 0 bridgehead atoms. The predicted octanol–water partition coefficient (Wildman–Crippen LogP) is 1.78. The molecule has 4 rings (SSSR count). The fraction of sp³-hybridized carbons (Fsp3) is 0.375.